The van der Waals surface area contributed by atoms with Crippen LogP contribution in [0.4, 0.5) is 10.5 Å². The number of carbonyl (C=O) groups is 2. The lowest BCUT2D eigenvalue weighted by Crippen LogP contribution is -2.42. The molecule has 0 radical (unpaired) electrons. The molecule has 0 spiro atoms. The summed E-state index contributed by atoms with van der Waals surface area (Å²) < 4.78 is 10.5. The molecule has 0 aromatic heterocycles. The van der Waals surface area contributed by atoms with Crippen LogP contribution in [0.25, 0.3) is 0 Å². The summed E-state index contributed by atoms with van der Waals surface area (Å²) in [6.07, 6.45) is 0.0682. The molecular weight excluding hydrogens is 296 g/mol. The first kappa shape index (κ1) is 17.3. The van der Waals surface area contributed by atoms with Gasteiger partial charge in [0.25, 0.3) is 0 Å². The van der Waals surface area contributed by atoms with Crippen LogP contribution in [-0.4, -0.2) is 43.2 Å². The monoisotopic (exact) mass is 320 g/mol. The quantitative estimate of drug-likeness (QED) is 0.930. The van der Waals surface area contributed by atoms with E-state index >= 15 is 0 Å². The molecule has 1 saturated heterocycles. The summed E-state index contributed by atoms with van der Waals surface area (Å²) in [5, 5.41) is 2.84. The fraction of sp³-hybridized carbons (Fsp3) is 0.529. The van der Waals surface area contributed by atoms with Crippen LogP contribution in [0.2, 0.25) is 0 Å². The van der Waals surface area contributed by atoms with Gasteiger partial charge in [-0.25, -0.2) is 4.79 Å². The zero-order chi connectivity index (χ0) is 16.9. The SMILES string of the molecule is CC(C)(C)CC(=O)Nc1ccc(OC(=O)N2CCOCC2)cc1. The minimum atomic E-state index is -0.377. The van der Waals surface area contributed by atoms with Crippen molar-refractivity contribution in [2.24, 2.45) is 5.41 Å². The minimum Gasteiger partial charge on any atom is -0.410 e. The number of nitrogens with zero attached hydrogens (tertiary/aromatic N) is 1. The highest BCUT2D eigenvalue weighted by atomic mass is 16.6. The first-order valence-electron chi connectivity index (χ1n) is 7.78. The van der Waals surface area contributed by atoms with Crippen molar-refractivity contribution in [1.82, 2.24) is 4.90 Å². The molecule has 2 amide bonds. The van der Waals surface area contributed by atoms with E-state index in [1.807, 2.05) is 20.8 Å². The molecule has 1 N–H and O–H groups in total. The molecule has 1 aromatic rings. The Bertz CT molecular complexity index is 543. The Balaban J connectivity index is 1.86. The van der Waals surface area contributed by atoms with Gasteiger partial charge in [-0.05, 0) is 29.7 Å². The molecule has 23 heavy (non-hydrogen) atoms. The maximum Gasteiger partial charge on any atom is 0.415 e. The number of rotatable bonds is 3. The van der Waals surface area contributed by atoms with Crippen molar-refractivity contribution in [1.29, 1.82) is 0 Å². The topological polar surface area (TPSA) is 67.9 Å². The number of hydrogen-bond donors (Lipinski definition) is 1. The molecular formula is C17H24N2O4. The Morgan fingerprint density at radius 1 is 1.17 bits per heavy atom. The fourth-order valence-electron chi connectivity index (χ4n) is 2.20. The van der Waals surface area contributed by atoms with Crippen LogP contribution in [0.15, 0.2) is 24.3 Å². The summed E-state index contributed by atoms with van der Waals surface area (Å²) in [6.45, 7) is 8.20. The summed E-state index contributed by atoms with van der Waals surface area (Å²) >= 11 is 0. The molecule has 1 heterocycles. The van der Waals surface area contributed by atoms with E-state index in [4.69, 9.17) is 9.47 Å². The lowest BCUT2D eigenvalue weighted by Gasteiger charge is -2.25. The third-order valence-electron chi connectivity index (χ3n) is 3.30. The van der Waals surface area contributed by atoms with Crippen LogP contribution in [0, 0.1) is 5.41 Å². The van der Waals surface area contributed by atoms with Gasteiger partial charge in [-0.1, -0.05) is 20.8 Å². The molecule has 0 aliphatic carbocycles. The molecule has 126 valence electrons. The molecule has 6 heteroatoms. The molecule has 0 atom stereocenters. The van der Waals surface area contributed by atoms with E-state index in [0.29, 0.717) is 44.2 Å². The zero-order valence-corrected chi connectivity index (χ0v) is 13.9. The summed E-state index contributed by atoms with van der Waals surface area (Å²) in [5.41, 5.74) is 0.628. The number of benzene rings is 1. The first-order chi connectivity index (χ1) is 10.8. The van der Waals surface area contributed by atoms with Crippen LogP contribution >= 0.6 is 0 Å². The average Bonchev–Trinajstić information content (AvgIpc) is 2.48. The Kier molecular flexibility index (Phi) is 5.60. The molecule has 0 saturated carbocycles. The van der Waals surface area contributed by atoms with E-state index in [0.717, 1.165) is 0 Å². The van der Waals surface area contributed by atoms with Gasteiger partial charge in [0.1, 0.15) is 5.75 Å². The second kappa shape index (κ2) is 7.46. The lowest BCUT2D eigenvalue weighted by molar-refractivity contribution is -0.117. The van der Waals surface area contributed by atoms with Crippen LogP contribution in [-0.2, 0) is 9.53 Å². The maximum absolute atomic E-state index is 12.0. The van der Waals surface area contributed by atoms with Gasteiger partial charge in [0, 0.05) is 25.2 Å². The van der Waals surface area contributed by atoms with Crippen molar-refractivity contribution in [3.05, 3.63) is 24.3 Å². The summed E-state index contributed by atoms with van der Waals surface area (Å²) in [5.74, 6) is 0.422. The average molecular weight is 320 g/mol. The van der Waals surface area contributed by atoms with Gasteiger partial charge in [0.2, 0.25) is 5.91 Å². The van der Waals surface area contributed by atoms with E-state index in [9.17, 15) is 9.59 Å². The number of anilines is 1. The Morgan fingerprint density at radius 2 is 1.78 bits per heavy atom. The van der Waals surface area contributed by atoms with Gasteiger partial charge in [0.15, 0.2) is 0 Å². The number of amides is 2. The number of nitrogens with one attached hydrogen (secondary N) is 1. The molecule has 0 bridgehead atoms. The molecule has 1 aliphatic heterocycles. The summed E-state index contributed by atoms with van der Waals surface area (Å²) in [4.78, 5) is 25.5. The van der Waals surface area contributed by atoms with Crippen molar-refractivity contribution in [3.8, 4) is 5.75 Å². The van der Waals surface area contributed by atoms with Crippen molar-refractivity contribution in [2.45, 2.75) is 27.2 Å². The highest BCUT2D eigenvalue weighted by molar-refractivity contribution is 5.91. The Labute approximate surface area is 136 Å². The standard InChI is InChI=1S/C17H24N2O4/c1-17(2,3)12-15(20)18-13-4-6-14(7-5-13)23-16(21)19-8-10-22-11-9-19/h4-7H,8-12H2,1-3H3,(H,18,20). The molecule has 1 aliphatic rings. The van der Waals surface area contributed by atoms with Gasteiger partial charge >= 0.3 is 6.09 Å². The van der Waals surface area contributed by atoms with Gasteiger partial charge < -0.3 is 19.7 Å². The minimum absolute atomic E-state index is 0.0319. The third kappa shape index (κ3) is 5.90. The first-order valence-corrected chi connectivity index (χ1v) is 7.78. The van der Waals surface area contributed by atoms with Crippen molar-refractivity contribution in [2.75, 3.05) is 31.6 Å². The predicted molar refractivity (Wildman–Crippen MR) is 87.6 cm³/mol. The summed E-state index contributed by atoms with van der Waals surface area (Å²) in [7, 11) is 0. The van der Waals surface area contributed by atoms with Crippen molar-refractivity contribution in [3.63, 3.8) is 0 Å². The van der Waals surface area contributed by atoms with Crippen molar-refractivity contribution >= 4 is 17.7 Å². The van der Waals surface area contributed by atoms with E-state index in [1.165, 1.54) is 0 Å². The smallest absolute Gasteiger partial charge is 0.410 e. The number of carbonyl (C=O) groups excluding carboxylic acids is 2. The third-order valence-corrected chi connectivity index (χ3v) is 3.30. The second-order valence-electron chi connectivity index (χ2n) is 6.78. The highest BCUT2D eigenvalue weighted by Crippen LogP contribution is 2.21. The fourth-order valence-corrected chi connectivity index (χ4v) is 2.20. The predicted octanol–water partition coefficient (Wildman–Crippen LogP) is 2.89. The molecule has 6 nitrogen and oxygen atoms in total. The lowest BCUT2D eigenvalue weighted by atomic mass is 9.92. The molecule has 2 rings (SSSR count). The van der Waals surface area contributed by atoms with Gasteiger partial charge in [0.05, 0.1) is 13.2 Å². The van der Waals surface area contributed by atoms with Gasteiger partial charge in [-0.2, -0.15) is 0 Å². The largest absolute Gasteiger partial charge is 0.415 e. The second-order valence-corrected chi connectivity index (χ2v) is 6.78. The van der Waals surface area contributed by atoms with E-state index in [1.54, 1.807) is 29.2 Å². The Morgan fingerprint density at radius 3 is 2.35 bits per heavy atom. The molecule has 1 aromatic carbocycles. The van der Waals surface area contributed by atoms with Gasteiger partial charge in [-0.15, -0.1) is 0 Å². The van der Waals surface area contributed by atoms with Gasteiger partial charge in [-0.3, -0.25) is 4.79 Å². The van der Waals surface area contributed by atoms with Crippen LogP contribution in [0.1, 0.15) is 27.2 Å². The zero-order valence-electron chi connectivity index (χ0n) is 13.9. The highest BCUT2D eigenvalue weighted by Gasteiger charge is 2.19. The van der Waals surface area contributed by atoms with Crippen LogP contribution < -0.4 is 10.1 Å². The van der Waals surface area contributed by atoms with E-state index < -0.39 is 0 Å². The maximum atomic E-state index is 12.0. The van der Waals surface area contributed by atoms with Crippen molar-refractivity contribution < 1.29 is 19.1 Å². The van der Waals surface area contributed by atoms with Crippen LogP contribution in [0.5, 0.6) is 5.75 Å². The van der Waals surface area contributed by atoms with E-state index in [-0.39, 0.29) is 17.4 Å². The number of hydrogen-bond acceptors (Lipinski definition) is 4. The van der Waals surface area contributed by atoms with E-state index in [2.05, 4.69) is 5.32 Å². The number of morpholine rings is 1. The normalized spacial score (nSPS) is 15.2. The van der Waals surface area contributed by atoms with Crippen LogP contribution in [0.3, 0.4) is 0 Å². The number of ether oxygens (including phenoxy) is 2. The molecule has 1 fully saturated rings. The summed E-state index contributed by atoms with van der Waals surface area (Å²) in [6, 6.07) is 6.79. The molecule has 0 unspecified atom stereocenters. The Hall–Kier alpha value is -2.08.